The van der Waals surface area contributed by atoms with Gasteiger partial charge < -0.3 is 10.5 Å². The van der Waals surface area contributed by atoms with Crippen molar-refractivity contribution < 1.29 is 4.74 Å². The third-order valence-electron chi connectivity index (χ3n) is 2.94. The highest BCUT2D eigenvalue weighted by atomic mass is 32.1. The standard InChI is InChI=1S/C11H17NOS/c12-6-10-2-1-3-11(10)13-7-9-4-5-14-8-9/h4-5,8,10-11H,1-3,6-7,12H2. The molecule has 1 aromatic heterocycles. The highest BCUT2D eigenvalue weighted by Crippen LogP contribution is 2.28. The van der Waals surface area contributed by atoms with E-state index in [1.165, 1.54) is 24.8 Å². The van der Waals surface area contributed by atoms with Crippen LogP contribution in [0, 0.1) is 5.92 Å². The normalized spacial score (nSPS) is 26.9. The average molecular weight is 211 g/mol. The first-order valence-electron chi connectivity index (χ1n) is 5.23. The summed E-state index contributed by atoms with van der Waals surface area (Å²) >= 11 is 1.72. The van der Waals surface area contributed by atoms with Crippen molar-refractivity contribution in [1.82, 2.24) is 0 Å². The van der Waals surface area contributed by atoms with Crippen LogP contribution in [0.2, 0.25) is 0 Å². The second-order valence-electron chi connectivity index (χ2n) is 3.91. The minimum absolute atomic E-state index is 0.403. The minimum Gasteiger partial charge on any atom is -0.373 e. The molecule has 2 rings (SSSR count). The van der Waals surface area contributed by atoms with Crippen LogP contribution >= 0.6 is 11.3 Å². The molecule has 0 aliphatic heterocycles. The molecule has 0 amide bonds. The molecule has 1 saturated carbocycles. The Morgan fingerprint density at radius 3 is 3.14 bits per heavy atom. The van der Waals surface area contributed by atoms with E-state index in [0.717, 1.165) is 13.2 Å². The summed E-state index contributed by atoms with van der Waals surface area (Å²) in [4.78, 5) is 0. The Balaban J connectivity index is 1.80. The van der Waals surface area contributed by atoms with Gasteiger partial charge in [-0.25, -0.2) is 0 Å². The molecule has 1 aliphatic carbocycles. The van der Waals surface area contributed by atoms with Crippen LogP contribution in [0.3, 0.4) is 0 Å². The highest BCUT2D eigenvalue weighted by molar-refractivity contribution is 7.07. The van der Waals surface area contributed by atoms with Crippen LogP contribution in [-0.4, -0.2) is 12.6 Å². The molecule has 0 aromatic carbocycles. The van der Waals surface area contributed by atoms with Crippen LogP contribution in [0.4, 0.5) is 0 Å². The molecule has 2 nitrogen and oxygen atoms in total. The maximum atomic E-state index is 5.88. The third kappa shape index (κ3) is 2.35. The van der Waals surface area contributed by atoms with Crippen molar-refractivity contribution >= 4 is 11.3 Å². The van der Waals surface area contributed by atoms with Gasteiger partial charge in [-0.05, 0) is 47.7 Å². The molecular weight excluding hydrogens is 194 g/mol. The molecule has 0 bridgehead atoms. The van der Waals surface area contributed by atoms with Crippen LogP contribution in [0.5, 0.6) is 0 Å². The average Bonchev–Trinajstić information content (AvgIpc) is 2.85. The zero-order valence-corrected chi connectivity index (χ0v) is 9.13. The van der Waals surface area contributed by atoms with E-state index in [0.29, 0.717) is 12.0 Å². The zero-order chi connectivity index (χ0) is 9.80. The smallest absolute Gasteiger partial charge is 0.0728 e. The lowest BCUT2D eigenvalue weighted by Gasteiger charge is -2.18. The van der Waals surface area contributed by atoms with E-state index in [-0.39, 0.29) is 0 Å². The summed E-state index contributed by atoms with van der Waals surface area (Å²) < 4.78 is 5.88. The largest absolute Gasteiger partial charge is 0.373 e. The van der Waals surface area contributed by atoms with Gasteiger partial charge in [-0.3, -0.25) is 0 Å². The summed E-state index contributed by atoms with van der Waals surface area (Å²) in [6.07, 6.45) is 4.10. The first-order chi connectivity index (χ1) is 6.90. The van der Waals surface area contributed by atoms with Gasteiger partial charge in [0.25, 0.3) is 0 Å². The summed E-state index contributed by atoms with van der Waals surface area (Å²) in [7, 11) is 0. The van der Waals surface area contributed by atoms with Crippen molar-refractivity contribution in [3.8, 4) is 0 Å². The monoisotopic (exact) mass is 211 g/mol. The fourth-order valence-electron chi connectivity index (χ4n) is 2.07. The molecule has 0 spiro atoms. The Morgan fingerprint density at radius 1 is 1.50 bits per heavy atom. The first-order valence-corrected chi connectivity index (χ1v) is 6.17. The number of ether oxygens (including phenoxy) is 1. The van der Waals surface area contributed by atoms with Gasteiger partial charge in [0, 0.05) is 0 Å². The van der Waals surface area contributed by atoms with Crippen molar-refractivity contribution in [2.75, 3.05) is 6.54 Å². The Hall–Kier alpha value is -0.380. The molecule has 1 aromatic rings. The number of rotatable bonds is 4. The molecule has 2 unspecified atom stereocenters. The van der Waals surface area contributed by atoms with E-state index in [4.69, 9.17) is 10.5 Å². The topological polar surface area (TPSA) is 35.2 Å². The summed E-state index contributed by atoms with van der Waals surface area (Å²) in [5.74, 6) is 0.591. The number of hydrogen-bond donors (Lipinski definition) is 1. The van der Waals surface area contributed by atoms with Gasteiger partial charge in [-0.2, -0.15) is 11.3 Å². The molecule has 2 atom stereocenters. The van der Waals surface area contributed by atoms with Crippen LogP contribution < -0.4 is 5.73 Å². The highest BCUT2D eigenvalue weighted by Gasteiger charge is 2.26. The van der Waals surface area contributed by atoms with Gasteiger partial charge in [0.05, 0.1) is 12.7 Å². The SMILES string of the molecule is NCC1CCCC1OCc1ccsc1. The van der Waals surface area contributed by atoms with Gasteiger partial charge in [-0.15, -0.1) is 0 Å². The Bertz CT molecular complexity index is 260. The second-order valence-corrected chi connectivity index (χ2v) is 4.69. The van der Waals surface area contributed by atoms with Crippen LogP contribution in [0.15, 0.2) is 16.8 Å². The lowest BCUT2D eigenvalue weighted by atomic mass is 10.1. The summed E-state index contributed by atoms with van der Waals surface area (Å²) in [5, 5.41) is 4.24. The maximum Gasteiger partial charge on any atom is 0.0728 e. The summed E-state index contributed by atoms with van der Waals surface area (Å²) in [6, 6.07) is 2.12. The molecule has 1 fully saturated rings. The van der Waals surface area contributed by atoms with Gasteiger partial charge in [0.15, 0.2) is 0 Å². The predicted molar refractivity (Wildman–Crippen MR) is 59.3 cm³/mol. The van der Waals surface area contributed by atoms with E-state index in [1.54, 1.807) is 11.3 Å². The summed E-state index contributed by atoms with van der Waals surface area (Å²) in [5.41, 5.74) is 6.98. The maximum absolute atomic E-state index is 5.88. The van der Waals surface area contributed by atoms with Crippen LogP contribution in [0.25, 0.3) is 0 Å². The fraction of sp³-hybridized carbons (Fsp3) is 0.636. The van der Waals surface area contributed by atoms with Gasteiger partial charge in [-0.1, -0.05) is 6.42 Å². The van der Waals surface area contributed by atoms with Crippen molar-refractivity contribution in [2.45, 2.75) is 32.0 Å². The fourth-order valence-corrected chi connectivity index (χ4v) is 2.72. The molecule has 1 heterocycles. The van der Waals surface area contributed by atoms with Crippen molar-refractivity contribution in [2.24, 2.45) is 11.7 Å². The van der Waals surface area contributed by atoms with E-state index in [2.05, 4.69) is 16.8 Å². The Labute approximate surface area is 89.1 Å². The third-order valence-corrected chi connectivity index (χ3v) is 3.67. The molecule has 1 aliphatic rings. The quantitative estimate of drug-likeness (QED) is 0.830. The van der Waals surface area contributed by atoms with Gasteiger partial charge >= 0.3 is 0 Å². The summed E-state index contributed by atoms with van der Waals surface area (Å²) in [6.45, 7) is 1.53. The molecule has 78 valence electrons. The number of thiophene rings is 1. The van der Waals surface area contributed by atoms with Crippen molar-refractivity contribution in [1.29, 1.82) is 0 Å². The predicted octanol–water partition coefficient (Wildman–Crippen LogP) is 2.39. The molecular formula is C11H17NOS. The van der Waals surface area contributed by atoms with Crippen LogP contribution in [0.1, 0.15) is 24.8 Å². The molecule has 0 saturated heterocycles. The van der Waals surface area contributed by atoms with Gasteiger partial charge in [0.1, 0.15) is 0 Å². The Morgan fingerprint density at radius 2 is 2.43 bits per heavy atom. The zero-order valence-electron chi connectivity index (χ0n) is 8.32. The van der Waals surface area contributed by atoms with E-state index < -0.39 is 0 Å². The lowest BCUT2D eigenvalue weighted by molar-refractivity contribution is 0.0184. The van der Waals surface area contributed by atoms with Crippen LogP contribution in [-0.2, 0) is 11.3 Å². The number of hydrogen-bond acceptors (Lipinski definition) is 3. The van der Waals surface area contributed by atoms with Crippen molar-refractivity contribution in [3.63, 3.8) is 0 Å². The van der Waals surface area contributed by atoms with E-state index in [9.17, 15) is 0 Å². The minimum atomic E-state index is 0.403. The first kappa shape index (κ1) is 10.1. The molecule has 14 heavy (non-hydrogen) atoms. The second kappa shape index (κ2) is 4.91. The molecule has 0 radical (unpaired) electrons. The van der Waals surface area contributed by atoms with E-state index >= 15 is 0 Å². The molecule has 2 N–H and O–H groups in total. The van der Waals surface area contributed by atoms with E-state index in [1.807, 2.05) is 0 Å². The number of nitrogens with two attached hydrogens (primary N) is 1. The van der Waals surface area contributed by atoms with Gasteiger partial charge in [0.2, 0.25) is 0 Å². The van der Waals surface area contributed by atoms with Crippen molar-refractivity contribution in [3.05, 3.63) is 22.4 Å². The Kier molecular flexibility index (Phi) is 3.56. The molecule has 3 heteroatoms. The lowest BCUT2D eigenvalue weighted by Crippen LogP contribution is -2.25.